The molecule has 1 heterocycles. The number of carboxylic acids is 1. The van der Waals surface area contributed by atoms with Crippen molar-refractivity contribution >= 4 is 5.97 Å². The Morgan fingerprint density at radius 2 is 2.12 bits per heavy atom. The first-order valence-electron chi connectivity index (χ1n) is 5.47. The molecule has 4 N–H and O–H groups in total. The smallest absolute Gasteiger partial charge is 0.317 e. The molecule has 1 unspecified atom stereocenters. The number of carbonyl (C=O) groups is 1. The predicted molar refractivity (Wildman–Crippen MR) is 55.9 cm³/mol. The predicted octanol–water partition coefficient (Wildman–Crippen LogP) is -1.36. The quantitative estimate of drug-likeness (QED) is 0.468. The van der Waals surface area contributed by atoms with Crippen LogP contribution in [0.4, 0.5) is 0 Å². The first-order chi connectivity index (χ1) is 7.47. The van der Waals surface area contributed by atoms with Crippen molar-refractivity contribution in [3.8, 4) is 0 Å². The van der Waals surface area contributed by atoms with Crippen molar-refractivity contribution in [1.29, 1.82) is 0 Å². The summed E-state index contributed by atoms with van der Waals surface area (Å²) in [6, 6.07) is -0.689. The zero-order chi connectivity index (χ0) is 12.3. The van der Waals surface area contributed by atoms with Crippen LogP contribution in [-0.2, 0) is 4.79 Å². The van der Waals surface area contributed by atoms with Crippen molar-refractivity contribution < 1.29 is 25.2 Å². The molecule has 1 fully saturated rings. The second-order valence-corrected chi connectivity index (χ2v) is 4.18. The van der Waals surface area contributed by atoms with Gasteiger partial charge >= 0.3 is 5.97 Å². The van der Waals surface area contributed by atoms with Gasteiger partial charge in [0.15, 0.2) is 0 Å². The van der Waals surface area contributed by atoms with E-state index in [9.17, 15) is 20.1 Å². The summed E-state index contributed by atoms with van der Waals surface area (Å²) in [5.74, 6) is -1.00. The summed E-state index contributed by atoms with van der Waals surface area (Å²) in [5, 5.41) is 37.7. The van der Waals surface area contributed by atoms with Gasteiger partial charge in [0.25, 0.3) is 0 Å². The molecule has 16 heavy (non-hydrogen) atoms. The van der Waals surface area contributed by atoms with Gasteiger partial charge in [0.2, 0.25) is 0 Å². The van der Waals surface area contributed by atoms with E-state index in [2.05, 4.69) is 0 Å². The highest BCUT2D eigenvalue weighted by atomic mass is 16.4. The molecular weight excluding hydrogens is 214 g/mol. The fourth-order valence-corrected chi connectivity index (χ4v) is 2.13. The summed E-state index contributed by atoms with van der Waals surface area (Å²) < 4.78 is 0. The number of aliphatic hydroxyl groups is 3. The number of hydrogen-bond donors (Lipinski definition) is 4. The van der Waals surface area contributed by atoms with Crippen LogP contribution in [0.3, 0.4) is 0 Å². The minimum Gasteiger partial charge on any atom is -0.480 e. The monoisotopic (exact) mass is 233 g/mol. The zero-order valence-corrected chi connectivity index (χ0v) is 9.28. The van der Waals surface area contributed by atoms with Gasteiger partial charge in [-0.3, -0.25) is 9.69 Å². The van der Waals surface area contributed by atoms with Crippen molar-refractivity contribution in [2.75, 3.05) is 13.1 Å². The van der Waals surface area contributed by atoms with Gasteiger partial charge in [-0.15, -0.1) is 0 Å². The highest BCUT2D eigenvalue weighted by Gasteiger charge is 2.40. The lowest BCUT2D eigenvalue weighted by Gasteiger charge is -2.31. The van der Waals surface area contributed by atoms with E-state index >= 15 is 0 Å². The maximum atomic E-state index is 10.6. The zero-order valence-electron chi connectivity index (χ0n) is 9.28. The van der Waals surface area contributed by atoms with E-state index in [1.807, 2.05) is 0 Å². The number of aliphatic hydroxyl groups excluding tert-OH is 3. The van der Waals surface area contributed by atoms with Crippen molar-refractivity contribution in [2.45, 2.75) is 44.1 Å². The Balaban J connectivity index is 2.68. The number of carboxylic acid groups (broad SMARTS) is 1. The summed E-state index contributed by atoms with van der Waals surface area (Å²) in [6.45, 7) is 1.91. The second-order valence-electron chi connectivity index (χ2n) is 4.18. The van der Waals surface area contributed by atoms with Crippen LogP contribution in [0.5, 0.6) is 0 Å². The number of nitrogens with zero attached hydrogens (tertiary/aromatic N) is 1. The van der Waals surface area contributed by atoms with Gasteiger partial charge in [-0.25, -0.2) is 0 Å². The fourth-order valence-electron chi connectivity index (χ4n) is 2.13. The van der Waals surface area contributed by atoms with Crippen molar-refractivity contribution in [2.24, 2.45) is 0 Å². The molecule has 94 valence electrons. The highest BCUT2D eigenvalue weighted by Crippen LogP contribution is 2.23. The Morgan fingerprint density at radius 3 is 2.62 bits per heavy atom. The molecule has 6 nitrogen and oxygen atoms in total. The number of aliphatic carboxylic acids is 1. The van der Waals surface area contributed by atoms with Gasteiger partial charge in [-0.1, -0.05) is 6.92 Å². The molecule has 0 aromatic rings. The maximum Gasteiger partial charge on any atom is 0.317 e. The van der Waals surface area contributed by atoms with Crippen molar-refractivity contribution in [1.82, 2.24) is 4.90 Å². The highest BCUT2D eigenvalue weighted by molar-refractivity contribution is 5.69. The average Bonchev–Trinajstić information content (AvgIpc) is 2.56. The van der Waals surface area contributed by atoms with E-state index in [1.54, 1.807) is 6.92 Å². The molecule has 4 atom stereocenters. The van der Waals surface area contributed by atoms with E-state index in [1.165, 1.54) is 4.90 Å². The molecule has 1 aliphatic rings. The summed E-state index contributed by atoms with van der Waals surface area (Å²) in [5.41, 5.74) is 0. The third kappa shape index (κ3) is 2.91. The molecule has 1 saturated heterocycles. The van der Waals surface area contributed by atoms with Gasteiger partial charge in [-0.2, -0.15) is 0 Å². The molecule has 0 amide bonds. The minimum atomic E-state index is -1.11. The molecule has 1 aliphatic heterocycles. The number of hydrogen-bond acceptors (Lipinski definition) is 5. The molecule has 0 aromatic carbocycles. The summed E-state index contributed by atoms with van der Waals surface area (Å²) >= 11 is 0. The first-order valence-corrected chi connectivity index (χ1v) is 5.47. The minimum absolute atomic E-state index is 0.227. The Morgan fingerprint density at radius 1 is 1.50 bits per heavy atom. The van der Waals surface area contributed by atoms with E-state index in [-0.39, 0.29) is 6.54 Å². The van der Waals surface area contributed by atoms with Gasteiger partial charge in [0, 0.05) is 6.54 Å². The van der Waals surface area contributed by atoms with Crippen LogP contribution >= 0.6 is 0 Å². The molecule has 0 aromatic heterocycles. The summed E-state index contributed by atoms with van der Waals surface area (Å²) in [6.07, 6.45) is -2.04. The normalized spacial score (nSPS) is 30.2. The van der Waals surface area contributed by atoms with E-state index < -0.39 is 30.3 Å². The Hall–Kier alpha value is -0.690. The maximum absolute atomic E-state index is 10.6. The molecule has 0 bridgehead atoms. The molecular formula is C10H19NO5. The Labute approximate surface area is 94.1 Å². The van der Waals surface area contributed by atoms with Crippen molar-refractivity contribution in [3.05, 3.63) is 0 Å². The Kier molecular flexibility index (Phi) is 4.67. The summed E-state index contributed by atoms with van der Waals surface area (Å²) in [4.78, 5) is 12.1. The van der Waals surface area contributed by atoms with Crippen molar-refractivity contribution in [3.63, 3.8) is 0 Å². The lowest BCUT2D eigenvalue weighted by Crippen LogP contribution is -2.51. The van der Waals surface area contributed by atoms with Crippen LogP contribution in [0.2, 0.25) is 0 Å². The van der Waals surface area contributed by atoms with Crippen LogP contribution < -0.4 is 0 Å². The lowest BCUT2D eigenvalue weighted by atomic mass is 9.99. The average molecular weight is 233 g/mol. The molecule has 6 heteroatoms. The van der Waals surface area contributed by atoms with Crippen LogP contribution in [0.15, 0.2) is 0 Å². The van der Waals surface area contributed by atoms with Crippen LogP contribution in [0.1, 0.15) is 19.8 Å². The topological polar surface area (TPSA) is 101 Å². The first kappa shape index (κ1) is 13.4. The Bertz CT molecular complexity index is 247. The van der Waals surface area contributed by atoms with Crippen LogP contribution in [-0.4, -0.2) is 68.7 Å². The van der Waals surface area contributed by atoms with Crippen LogP contribution in [0, 0.1) is 0 Å². The molecule has 1 rings (SSSR count). The second kappa shape index (κ2) is 5.58. The lowest BCUT2D eigenvalue weighted by molar-refractivity contribution is -0.140. The standard InChI is InChI=1S/C10H19NO5/c1-2-6(12)10(16)9-7(13)3-4-11(9)5-8(14)15/h6-7,9-10,12-13,16H,2-5H2,1H3,(H,14,15)/t6-,7-,9+,10?/m0/s1. The van der Waals surface area contributed by atoms with E-state index in [4.69, 9.17) is 5.11 Å². The van der Waals surface area contributed by atoms with Gasteiger partial charge in [0.1, 0.15) is 0 Å². The van der Waals surface area contributed by atoms with Gasteiger partial charge < -0.3 is 20.4 Å². The molecule has 0 saturated carbocycles. The third-order valence-corrected chi connectivity index (χ3v) is 3.03. The largest absolute Gasteiger partial charge is 0.480 e. The molecule has 0 spiro atoms. The number of rotatable bonds is 5. The SMILES string of the molecule is CC[C@H](O)C(O)[C@H]1[C@@H](O)CCN1CC(=O)O. The van der Waals surface area contributed by atoms with E-state index in [0.717, 1.165) is 0 Å². The number of likely N-dealkylation sites (tertiary alicyclic amines) is 1. The van der Waals surface area contributed by atoms with E-state index in [0.29, 0.717) is 19.4 Å². The molecule has 0 aliphatic carbocycles. The van der Waals surface area contributed by atoms with Gasteiger partial charge in [0.05, 0.1) is 30.9 Å². The molecule has 0 radical (unpaired) electrons. The summed E-state index contributed by atoms with van der Waals surface area (Å²) in [7, 11) is 0. The van der Waals surface area contributed by atoms with Gasteiger partial charge in [-0.05, 0) is 12.8 Å². The fraction of sp³-hybridized carbons (Fsp3) is 0.900. The third-order valence-electron chi connectivity index (χ3n) is 3.03. The van der Waals surface area contributed by atoms with Crippen LogP contribution in [0.25, 0.3) is 0 Å².